The zero-order valence-corrected chi connectivity index (χ0v) is 39.7. The average molecular weight is 962 g/mol. The minimum atomic E-state index is -3.46. The number of nitrogens with one attached hydrogen (secondary N) is 3. The standard InChI is InChI=1S/C29H39ClN8O3S.C12H12Cl2N4O2S/c1-35-15-17-38(18-16-35)21-11-13-37(14-12-21)22-9-10-25(27(19-22)41-3)33-29-31-20-23(30)28(34-29)32-24-7-5-6-8-26(24)36(2)42(4,39)40;1-18(21(2,19)20)10-6-4-3-5-9(10)16-11-8(13)7-15-12(14)17-11/h5-10,19-21H,11-18H2,1-4H3,(H2,31,32,33,34);3-7H,1-2H3,(H,15,16,17). The van der Waals surface area contributed by atoms with Gasteiger partial charge in [0.2, 0.25) is 31.3 Å². The van der Waals surface area contributed by atoms with Crippen LogP contribution in [-0.2, 0) is 20.0 Å². The molecule has 0 unspecified atom stereocenters. The molecule has 0 radical (unpaired) electrons. The van der Waals surface area contributed by atoms with Crippen molar-refractivity contribution in [1.82, 2.24) is 29.7 Å². The van der Waals surface area contributed by atoms with Gasteiger partial charge in [0, 0.05) is 71.2 Å². The van der Waals surface area contributed by atoms with Crippen LogP contribution in [0.25, 0.3) is 0 Å². The SMILES string of the molecule is CN(c1ccccc1Nc1nc(Cl)ncc1Cl)S(C)(=O)=O.COc1cc(N2CCC(N3CCN(C)CC3)CC2)ccc1Nc1ncc(Cl)c(Nc2ccccc2N(C)S(C)(=O)=O)n1. The summed E-state index contributed by atoms with van der Waals surface area (Å²) in [5, 5.41) is 9.96. The van der Waals surface area contributed by atoms with Gasteiger partial charge in [-0.2, -0.15) is 9.97 Å². The lowest BCUT2D eigenvalue weighted by molar-refractivity contribution is 0.0982. The number of nitrogens with zero attached hydrogens (tertiary/aromatic N) is 9. The summed E-state index contributed by atoms with van der Waals surface area (Å²) in [4.78, 5) is 24.1. The van der Waals surface area contributed by atoms with Crippen LogP contribution in [0.3, 0.4) is 0 Å². The highest BCUT2D eigenvalue weighted by atomic mass is 35.5. The Bertz CT molecular complexity index is 2600. The molecule has 0 saturated carbocycles. The molecule has 2 aromatic heterocycles. The second kappa shape index (κ2) is 20.7. The number of likely N-dealkylation sites (N-methyl/N-ethyl adjacent to an activating group) is 1. The largest absolute Gasteiger partial charge is 0.494 e. The molecule has 3 N–H and O–H groups in total. The second-order valence-electron chi connectivity index (χ2n) is 15.0. The summed E-state index contributed by atoms with van der Waals surface area (Å²) < 4.78 is 55.8. The quantitative estimate of drug-likeness (QED) is 0.101. The van der Waals surface area contributed by atoms with E-state index >= 15 is 0 Å². The summed E-state index contributed by atoms with van der Waals surface area (Å²) in [6.45, 7) is 6.63. The van der Waals surface area contributed by atoms with E-state index in [0.29, 0.717) is 57.1 Å². The normalized spacial score (nSPS) is 15.2. The number of rotatable bonds is 13. The lowest BCUT2D eigenvalue weighted by atomic mass is 10.0. The van der Waals surface area contributed by atoms with E-state index in [-0.39, 0.29) is 10.3 Å². The topological polar surface area (TPSA) is 181 Å². The predicted molar refractivity (Wildman–Crippen MR) is 256 cm³/mol. The van der Waals surface area contributed by atoms with Crippen molar-refractivity contribution in [2.24, 2.45) is 0 Å². The summed E-state index contributed by atoms with van der Waals surface area (Å²) in [6.07, 6.45) is 7.44. The van der Waals surface area contributed by atoms with Gasteiger partial charge in [0.05, 0.1) is 60.5 Å². The molecule has 2 aliphatic heterocycles. The predicted octanol–water partition coefficient (Wildman–Crippen LogP) is 7.16. The number of sulfonamides is 2. The molecule has 3 aromatic carbocycles. The van der Waals surface area contributed by atoms with Crippen LogP contribution in [0.15, 0.2) is 79.1 Å². The van der Waals surface area contributed by atoms with Gasteiger partial charge in [-0.3, -0.25) is 13.5 Å². The lowest BCUT2D eigenvalue weighted by Gasteiger charge is -2.42. The van der Waals surface area contributed by atoms with Crippen LogP contribution < -0.4 is 34.2 Å². The van der Waals surface area contributed by atoms with Crippen LogP contribution in [0.4, 0.5) is 51.7 Å². The molecular weight excluding hydrogens is 911 g/mol. The molecular formula is C41H51Cl3N12O5S2. The Morgan fingerprint density at radius 1 is 0.683 bits per heavy atom. The number of halogens is 3. The van der Waals surface area contributed by atoms with Gasteiger partial charge in [0.15, 0.2) is 11.6 Å². The van der Waals surface area contributed by atoms with Crippen LogP contribution in [0.5, 0.6) is 5.75 Å². The molecule has 7 rings (SSSR count). The van der Waals surface area contributed by atoms with Gasteiger partial charge in [-0.1, -0.05) is 47.5 Å². The van der Waals surface area contributed by atoms with Gasteiger partial charge >= 0.3 is 0 Å². The Morgan fingerprint density at radius 2 is 1.21 bits per heavy atom. The number of hydrogen-bond donors (Lipinski definition) is 3. The maximum absolute atomic E-state index is 12.2. The molecule has 2 saturated heterocycles. The van der Waals surface area contributed by atoms with Crippen LogP contribution in [0.2, 0.25) is 15.3 Å². The molecule has 63 heavy (non-hydrogen) atoms. The zero-order valence-electron chi connectivity index (χ0n) is 35.8. The van der Waals surface area contributed by atoms with Crippen molar-refractivity contribution >= 4 is 107 Å². The van der Waals surface area contributed by atoms with Gasteiger partial charge in [-0.15, -0.1) is 0 Å². The number of piperazine rings is 1. The van der Waals surface area contributed by atoms with E-state index in [9.17, 15) is 16.8 Å². The average Bonchev–Trinajstić information content (AvgIpc) is 3.26. The number of anilines is 9. The van der Waals surface area contributed by atoms with Crippen LogP contribution in [0.1, 0.15) is 12.8 Å². The second-order valence-corrected chi connectivity index (χ2v) is 20.2. The van der Waals surface area contributed by atoms with E-state index in [2.05, 4.69) is 63.7 Å². The maximum Gasteiger partial charge on any atom is 0.232 e. The number of methoxy groups -OCH3 is 1. The molecule has 0 amide bonds. The number of para-hydroxylation sites is 4. The number of aromatic nitrogens is 4. The van der Waals surface area contributed by atoms with Crippen molar-refractivity contribution < 1.29 is 21.6 Å². The van der Waals surface area contributed by atoms with Crippen LogP contribution >= 0.6 is 34.8 Å². The minimum absolute atomic E-state index is 0.0378. The molecule has 0 spiro atoms. The molecule has 17 nitrogen and oxygen atoms in total. The summed E-state index contributed by atoms with van der Waals surface area (Å²) in [5.74, 6) is 1.63. The van der Waals surface area contributed by atoms with E-state index in [4.69, 9.17) is 39.5 Å². The lowest BCUT2D eigenvalue weighted by Crippen LogP contribution is -2.52. The first-order valence-electron chi connectivity index (χ1n) is 19.8. The van der Waals surface area contributed by atoms with Crippen molar-refractivity contribution in [2.45, 2.75) is 18.9 Å². The first-order chi connectivity index (χ1) is 29.9. The molecule has 2 aliphatic rings. The third-order valence-corrected chi connectivity index (χ3v) is 13.9. The van der Waals surface area contributed by atoms with E-state index in [0.717, 1.165) is 80.3 Å². The molecule has 22 heteroatoms. The summed E-state index contributed by atoms with van der Waals surface area (Å²) in [5.41, 5.74) is 3.84. The van der Waals surface area contributed by atoms with Crippen LogP contribution in [-0.4, -0.2) is 133 Å². The summed E-state index contributed by atoms with van der Waals surface area (Å²) in [6, 6.07) is 20.7. The Labute approximate surface area is 384 Å². The van der Waals surface area contributed by atoms with Crippen molar-refractivity contribution in [2.75, 3.05) is 109 Å². The van der Waals surface area contributed by atoms with Crippen molar-refractivity contribution in [3.63, 3.8) is 0 Å². The molecule has 0 aliphatic carbocycles. The highest BCUT2D eigenvalue weighted by Crippen LogP contribution is 2.36. The number of piperidine rings is 1. The smallest absolute Gasteiger partial charge is 0.232 e. The Balaban J connectivity index is 0.000000264. The van der Waals surface area contributed by atoms with Gasteiger partial charge in [-0.05, 0) is 67.9 Å². The molecule has 4 heterocycles. The van der Waals surface area contributed by atoms with Gasteiger partial charge < -0.3 is 30.5 Å². The summed E-state index contributed by atoms with van der Waals surface area (Å²) in [7, 11) is -0.0479. The first-order valence-corrected chi connectivity index (χ1v) is 24.7. The first kappa shape index (κ1) is 47.6. The van der Waals surface area contributed by atoms with E-state index < -0.39 is 20.0 Å². The molecule has 0 atom stereocenters. The van der Waals surface area contributed by atoms with Gasteiger partial charge in [0.25, 0.3) is 0 Å². The monoisotopic (exact) mass is 960 g/mol. The fourth-order valence-electron chi connectivity index (χ4n) is 7.05. The van der Waals surface area contributed by atoms with Gasteiger partial charge in [0.1, 0.15) is 15.8 Å². The maximum atomic E-state index is 12.2. The fraction of sp³-hybridized carbons (Fsp3) is 0.366. The number of benzene rings is 3. The highest BCUT2D eigenvalue weighted by molar-refractivity contribution is 7.92. The highest BCUT2D eigenvalue weighted by Gasteiger charge is 2.27. The molecule has 2 fully saturated rings. The molecule has 338 valence electrons. The van der Waals surface area contributed by atoms with Crippen molar-refractivity contribution in [1.29, 1.82) is 0 Å². The summed E-state index contributed by atoms with van der Waals surface area (Å²) >= 11 is 18.1. The molecule has 0 bridgehead atoms. The third kappa shape index (κ3) is 12.4. The minimum Gasteiger partial charge on any atom is -0.494 e. The van der Waals surface area contributed by atoms with Crippen LogP contribution in [0, 0.1) is 0 Å². The van der Waals surface area contributed by atoms with E-state index in [1.807, 2.05) is 12.1 Å². The third-order valence-electron chi connectivity index (χ3n) is 10.8. The number of ether oxygens (including phenoxy) is 1. The fourth-order valence-corrected chi connectivity index (χ4v) is 8.49. The number of hydrogen-bond acceptors (Lipinski definition) is 15. The Hall–Kier alpha value is -4.89. The van der Waals surface area contributed by atoms with Gasteiger partial charge in [-0.25, -0.2) is 26.8 Å². The van der Waals surface area contributed by atoms with Crippen molar-refractivity contribution in [3.05, 3.63) is 94.5 Å². The van der Waals surface area contributed by atoms with E-state index in [1.165, 1.54) is 30.8 Å². The molecule has 5 aromatic rings. The zero-order chi connectivity index (χ0) is 45.5. The van der Waals surface area contributed by atoms with Crippen molar-refractivity contribution in [3.8, 4) is 5.75 Å². The Kier molecular flexibility index (Phi) is 15.7. The Morgan fingerprint density at radius 3 is 1.75 bits per heavy atom. The van der Waals surface area contributed by atoms with E-state index in [1.54, 1.807) is 55.6 Å².